The molecule has 1 N–H and O–H groups in total. The van der Waals surface area contributed by atoms with Crippen LogP contribution in [-0.4, -0.2) is 12.6 Å². The molecule has 0 saturated heterocycles. The van der Waals surface area contributed by atoms with Gasteiger partial charge in [0.15, 0.2) is 0 Å². The summed E-state index contributed by atoms with van der Waals surface area (Å²) >= 11 is 0. The molecule has 0 aliphatic carbocycles. The highest BCUT2D eigenvalue weighted by atomic mass is 14.9. The molecule has 0 aliphatic heterocycles. The maximum Gasteiger partial charge on any atom is 0.0105 e. The second-order valence-electron chi connectivity index (χ2n) is 4.11. The Bertz CT molecular complexity index is 290. The highest BCUT2D eigenvalue weighted by molar-refractivity contribution is 5.15. The van der Waals surface area contributed by atoms with Crippen LogP contribution in [0.2, 0.25) is 0 Å². The van der Waals surface area contributed by atoms with E-state index in [0.29, 0.717) is 6.04 Å². The molecule has 0 aromatic heterocycles. The lowest BCUT2D eigenvalue weighted by Crippen LogP contribution is -2.31. The molecule has 1 atom stereocenters. The summed E-state index contributed by atoms with van der Waals surface area (Å²) in [6.45, 7) is 5.40. The zero-order valence-electron chi connectivity index (χ0n) is 10.4. The van der Waals surface area contributed by atoms with E-state index < -0.39 is 0 Å². The van der Waals surface area contributed by atoms with E-state index in [4.69, 9.17) is 0 Å². The van der Waals surface area contributed by atoms with Gasteiger partial charge >= 0.3 is 0 Å². The van der Waals surface area contributed by atoms with Gasteiger partial charge in [-0.3, -0.25) is 0 Å². The fraction of sp³-hybridized carbons (Fsp3) is 0.467. The Balaban J connectivity index is 2.32. The fourth-order valence-corrected chi connectivity index (χ4v) is 1.80. The lowest BCUT2D eigenvalue weighted by molar-refractivity contribution is 0.500. The quantitative estimate of drug-likeness (QED) is 0.544. The summed E-state index contributed by atoms with van der Waals surface area (Å²) in [6.07, 6.45) is 7.77. The lowest BCUT2D eigenvalue weighted by Gasteiger charge is -2.16. The predicted molar refractivity (Wildman–Crippen MR) is 71.7 cm³/mol. The first kappa shape index (κ1) is 13.0. The van der Waals surface area contributed by atoms with Crippen molar-refractivity contribution in [2.45, 2.75) is 39.2 Å². The monoisotopic (exact) mass is 217 g/mol. The first-order valence-corrected chi connectivity index (χ1v) is 6.25. The standard InChI is InChI=1S/C15H23N/c1-3-5-9-12-16-15(4-2)13-14-10-7-6-8-11-14/h3,5-8,10-11,15-16H,4,9,12-13H2,1-2H3/b5-3+. The predicted octanol–water partition coefficient (Wildman–Crippen LogP) is 3.56. The second kappa shape index (κ2) is 8.12. The molecule has 1 nitrogen and oxygen atoms in total. The molecule has 0 amide bonds. The third-order valence-corrected chi connectivity index (χ3v) is 2.80. The highest BCUT2D eigenvalue weighted by Gasteiger charge is 2.05. The zero-order valence-corrected chi connectivity index (χ0v) is 10.4. The van der Waals surface area contributed by atoms with Crippen LogP contribution in [0.3, 0.4) is 0 Å². The Morgan fingerprint density at radius 1 is 1.25 bits per heavy atom. The van der Waals surface area contributed by atoms with E-state index >= 15 is 0 Å². The summed E-state index contributed by atoms with van der Waals surface area (Å²) in [6, 6.07) is 11.3. The lowest BCUT2D eigenvalue weighted by atomic mass is 10.0. The van der Waals surface area contributed by atoms with Gasteiger partial charge in [-0.1, -0.05) is 49.4 Å². The topological polar surface area (TPSA) is 12.0 Å². The van der Waals surface area contributed by atoms with Crippen LogP contribution in [0, 0.1) is 0 Å². The highest BCUT2D eigenvalue weighted by Crippen LogP contribution is 2.05. The Morgan fingerprint density at radius 3 is 2.62 bits per heavy atom. The second-order valence-corrected chi connectivity index (χ2v) is 4.11. The number of benzene rings is 1. The molecule has 1 aromatic rings. The Labute approximate surface area is 99.6 Å². The van der Waals surface area contributed by atoms with E-state index in [1.807, 2.05) is 0 Å². The van der Waals surface area contributed by atoms with Crippen LogP contribution >= 0.6 is 0 Å². The van der Waals surface area contributed by atoms with Crippen molar-refractivity contribution in [1.82, 2.24) is 5.32 Å². The van der Waals surface area contributed by atoms with Crippen LogP contribution in [0.25, 0.3) is 0 Å². The number of nitrogens with one attached hydrogen (secondary N) is 1. The minimum Gasteiger partial charge on any atom is -0.313 e. The minimum atomic E-state index is 0.604. The van der Waals surface area contributed by atoms with Gasteiger partial charge in [0.05, 0.1) is 0 Å². The molecule has 0 aliphatic rings. The van der Waals surface area contributed by atoms with Crippen LogP contribution in [-0.2, 0) is 6.42 Å². The minimum absolute atomic E-state index is 0.604. The van der Waals surface area contributed by atoms with Gasteiger partial charge in [-0.25, -0.2) is 0 Å². The van der Waals surface area contributed by atoms with E-state index in [1.54, 1.807) is 0 Å². The average molecular weight is 217 g/mol. The van der Waals surface area contributed by atoms with Crippen molar-refractivity contribution in [1.29, 1.82) is 0 Å². The summed E-state index contributed by atoms with van der Waals surface area (Å²) in [4.78, 5) is 0. The molecule has 0 heterocycles. The Hall–Kier alpha value is -1.08. The molecule has 0 bridgehead atoms. The molecule has 0 saturated carbocycles. The van der Waals surface area contributed by atoms with Gasteiger partial charge in [-0.2, -0.15) is 0 Å². The van der Waals surface area contributed by atoms with Crippen LogP contribution < -0.4 is 5.32 Å². The van der Waals surface area contributed by atoms with Crippen molar-refractivity contribution >= 4 is 0 Å². The third kappa shape index (κ3) is 5.13. The molecule has 16 heavy (non-hydrogen) atoms. The Kier molecular flexibility index (Phi) is 6.59. The fourth-order valence-electron chi connectivity index (χ4n) is 1.80. The average Bonchev–Trinajstić information content (AvgIpc) is 2.34. The van der Waals surface area contributed by atoms with Crippen LogP contribution in [0.15, 0.2) is 42.5 Å². The third-order valence-electron chi connectivity index (χ3n) is 2.80. The summed E-state index contributed by atoms with van der Waals surface area (Å²) < 4.78 is 0. The van der Waals surface area contributed by atoms with Crippen molar-refractivity contribution in [3.05, 3.63) is 48.0 Å². The zero-order chi connectivity index (χ0) is 11.6. The van der Waals surface area contributed by atoms with E-state index in [0.717, 1.165) is 19.4 Å². The van der Waals surface area contributed by atoms with Crippen molar-refractivity contribution in [2.75, 3.05) is 6.54 Å². The Morgan fingerprint density at radius 2 is 2.00 bits per heavy atom. The van der Waals surface area contributed by atoms with Crippen molar-refractivity contribution in [3.8, 4) is 0 Å². The normalized spacial score (nSPS) is 13.1. The molecular weight excluding hydrogens is 194 g/mol. The molecule has 0 radical (unpaired) electrons. The largest absolute Gasteiger partial charge is 0.313 e. The van der Waals surface area contributed by atoms with Gasteiger partial charge in [0.2, 0.25) is 0 Å². The molecule has 1 heteroatoms. The van der Waals surface area contributed by atoms with Crippen LogP contribution in [0.4, 0.5) is 0 Å². The number of hydrogen-bond donors (Lipinski definition) is 1. The summed E-state index contributed by atoms with van der Waals surface area (Å²) in [5, 5.41) is 3.60. The van der Waals surface area contributed by atoms with Crippen molar-refractivity contribution in [3.63, 3.8) is 0 Å². The van der Waals surface area contributed by atoms with Gasteiger partial charge in [0.1, 0.15) is 0 Å². The smallest absolute Gasteiger partial charge is 0.0105 e. The van der Waals surface area contributed by atoms with Gasteiger partial charge in [0.25, 0.3) is 0 Å². The van der Waals surface area contributed by atoms with E-state index in [-0.39, 0.29) is 0 Å². The van der Waals surface area contributed by atoms with Gasteiger partial charge in [-0.05, 0) is 38.3 Å². The molecule has 0 spiro atoms. The SMILES string of the molecule is C/C=C/CCNC(CC)Cc1ccccc1. The van der Waals surface area contributed by atoms with Crippen LogP contribution in [0.1, 0.15) is 32.3 Å². The first-order chi connectivity index (χ1) is 7.86. The summed E-state index contributed by atoms with van der Waals surface area (Å²) in [5.74, 6) is 0. The molecule has 88 valence electrons. The maximum absolute atomic E-state index is 3.60. The molecule has 1 unspecified atom stereocenters. The molecule has 1 aromatic carbocycles. The number of allylic oxidation sites excluding steroid dienone is 1. The van der Waals surface area contributed by atoms with E-state index in [2.05, 4.69) is 61.6 Å². The number of hydrogen-bond acceptors (Lipinski definition) is 1. The molecule has 1 rings (SSSR count). The van der Waals surface area contributed by atoms with E-state index in [1.165, 1.54) is 12.0 Å². The summed E-state index contributed by atoms with van der Waals surface area (Å²) in [7, 11) is 0. The first-order valence-electron chi connectivity index (χ1n) is 6.25. The summed E-state index contributed by atoms with van der Waals surface area (Å²) in [5.41, 5.74) is 1.42. The van der Waals surface area contributed by atoms with Gasteiger partial charge in [0, 0.05) is 6.04 Å². The number of rotatable bonds is 7. The van der Waals surface area contributed by atoms with Crippen LogP contribution in [0.5, 0.6) is 0 Å². The van der Waals surface area contributed by atoms with Gasteiger partial charge < -0.3 is 5.32 Å². The molecule has 0 fully saturated rings. The van der Waals surface area contributed by atoms with E-state index in [9.17, 15) is 0 Å². The maximum atomic E-state index is 3.60. The van der Waals surface area contributed by atoms with Crippen molar-refractivity contribution in [2.24, 2.45) is 0 Å². The van der Waals surface area contributed by atoms with Gasteiger partial charge in [-0.15, -0.1) is 0 Å². The van der Waals surface area contributed by atoms with Crippen molar-refractivity contribution < 1.29 is 0 Å². The molecular formula is C15H23N.